The molecule has 1 N–H and O–H groups in total. The number of hydrogen-bond acceptors (Lipinski definition) is 6. The highest BCUT2D eigenvalue weighted by Crippen LogP contribution is 2.48. The van der Waals surface area contributed by atoms with Crippen LogP contribution in [0.25, 0.3) is 0 Å². The molecule has 4 aliphatic heterocycles. The molecule has 26 heavy (non-hydrogen) atoms. The van der Waals surface area contributed by atoms with Gasteiger partial charge in [-0.3, -0.25) is 19.3 Å². The zero-order valence-corrected chi connectivity index (χ0v) is 14.7. The minimum absolute atomic E-state index is 0.171. The van der Waals surface area contributed by atoms with Crippen LogP contribution in [0.4, 0.5) is 0 Å². The van der Waals surface area contributed by atoms with Gasteiger partial charge in [0.15, 0.2) is 5.66 Å². The quantitative estimate of drug-likeness (QED) is 0.532. The molecule has 0 aromatic heterocycles. The minimum Gasteiger partial charge on any atom is -0.373 e. The van der Waals surface area contributed by atoms with E-state index < -0.39 is 23.5 Å². The topological polar surface area (TPSA) is 100 Å². The van der Waals surface area contributed by atoms with Crippen LogP contribution >= 0.6 is 0 Å². The zero-order valence-electron chi connectivity index (χ0n) is 14.7. The van der Waals surface area contributed by atoms with Gasteiger partial charge in [0.2, 0.25) is 17.7 Å². The van der Waals surface area contributed by atoms with E-state index in [9.17, 15) is 14.4 Å². The molecule has 0 aromatic rings. The number of amides is 3. The van der Waals surface area contributed by atoms with E-state index >= 15 is 0 Å². The summed E-state index contributed by atoms with van der Waals surface area (Å²) in [7, 11) is 0. The van der Waals surface area contributed by atoms with Gasteiger partial charge in [-0.2, -0.15) is 10.2 Å². The molecule has 3 saturated heterocycles. The molecule has 4 heterocycles. The van der Waals surface area contributed by atoms with Crippen molar-refractivity contribution in [1.29, 1.82) is 0 Å². The third-order valence-corrected chi connectivity index (χ3v) is 5.96. The van der Waals surface area contributed by atoms with Crippen LogP contribution in [-0.4, -0.2) is 53.1 Å². The minimum atomic E-state index is -0.824. The maximum atomic E-state index is 12.7. The first-order valence-electron chi connectivity index (χ1n) is 9.15. The Morgan fingerprint density at radius 3 is 2.46 bits per heavy atom. The van der Waals surface area contributed by atoms with Gasteiger partial charge in [-0.1, -0.05) is 0 Å². The molecule has 3 amide bonds. The predicted molar refractivity (Wildman–Crippen MR) is 89.5 cm³/mol. The average molecular weight is 358 g/mol. The molecule has 0 spiro atoms. The zero-order chi connectivity index (χ0) is 18.5. The summed E-state index contributed by atoms with van der Waals surface area (Å²) in [5, 5.41) is 10.8. The summed E-state index contributed by atoms with van der Waals surface area (Å²) in [5.74, 6) is 0.859. The van der Waals surface area contributed by atoms with Crippen LogP contribution in [0, 0.1) is 24.2 Å². The highest BCUT2D eigenvalue weighted by Gasteiger charge is 2.63. The van der Waals surface area contributed by atoms with E-state index in [-0.39, 0.29) is 29.9 Å². The van der Waals surface area contributed by atoms with Gasteiger partial charge in [-0.15, -0.1) is 12.3 Å². The average Bonchev–Trinajstić information content (AvgIpc) is 2.98. The van der Waals surface area contributed by atoms with Crippen LogP contribution in [0.5, 0.6) is 0 Å². The second kappa shape index (κ2) is 6.16. The smallest absolute Gasteiger partial charge is 0.243 e. The molecular formula is C18H22N4O4. The molecule has 0 aliphatic carbocycles. The van der Waals surface area contributed by atoms with E-state index in [0.29, 0.717) is 25.8 Å². The normalized spacial score (nSPS) is 33.9. The number of nitrogens with one attached hydrogen (secondary N) is 1. The fourth-order valence-electron chi connectivity index (χ4n) is 4.44. The van der Waals surface area contributed by atoms with E-state index in [1.807, 2.05) is 0 Å². The summed E-state index contributed by atoms with van der Waals surface area (Å²) in [6, 6.07) is -0.824. The van der Waals surface area contributed by atoms with Crippen LogP contribution in [0.2, 0.25) is 0 Å². The maximum Gasteiger partial charge on any atom is 0.243 e. The summed E-state index contributed by atoms with van der Waals surface area (Å²) < 4.78 is 5.71. The first-order chi connectivity index (χ1) is 12.5. The van der Waals surface area contributed by atoms with E-state index in [2.05, 4.69) is 21.5 Å². The van der Waals surface area contributed by atoms with Gasteiger partial charge in [-0.25, -0.2) is 0 Å². The molecule has 0 aromatic carbocycles. The van der Waals surface area contributed by atoms with E-state index in [1.165, 1.54) is 0 Å². The number of rotatable bonds is 7. The Morgan fingerprint density at radius 1 is 1.31 bits per heavy atom. The molecule has 8 nitrogen and oxygen atoms in total. The molecule has 3 fully saturated rings. The third-order valence-electron chi connectivity index (χ3n) is 5.96. The maximum absolute atomic E-state index is 12.7. The molecule has 8 heteroatoms. The fourth-order valence-corrected chi connectivity index (χ4v) is 4.44. The molecule has 5 atom stereocenters. The SMILES string of the molecule is C#CCCC1(CCNC(=O)C(C)N2C(=O)C3C4CCC(O4)C3C2=O)N=N1. The Labute approximate surface area is 151 Å². The van der Waals surface area contributed by atoms with Crippen molar-refractivity contribution in [2.75, 3.05) is 6.54 Å². The number of carbonyl (C=O) groups is 3. The summed E-state index contributed by atoms with van der Waals surface area (Å²) in [6.07, 6.45) is 8.36. The fraction of sp³-hybridized carbons (Fsp3) is 0.722. The second-order valence-electron chi connectivity index (χ2n) is 7.49. The largest absolute Gasteiger partial charge is 0.373 e. The van der Waals surface area contributed by atoms with E-state index in [1.54, 1.807) is 6.92 Å². The Morgan fingerprint density at radius 2 is 1.92 bits per heavy atom. The Kier molecular flexibility index (Phi) is 4.07. The van der Waals surface area contributed by atoms with Gasteiger partial charge in [-0.05, 0) is 19.8 Å². The summed E-state index contributed by atoms with van der Waals surface area (Å²) in [4.78, 5) is 39.0. The van der Waals surface area contributed by atoms with Crippen molar-refractivity contribution in [3.05, 3.63) is 0 Å². The number of hydrogen-bond donors (Lipinski definition) is 1. The Balaban J connectivity index is 1.32. The van der Waals surface area contributed by atoms with Crippen molar-refractivity contribution < 1.29 is 19.1 Å². The summed E-state index contributed by atoms with van der Waals surface area (Å²) in [6.45, 7) is 1.97. The lowest BCUT2D eigenvalue weighted by molar-refractivity contribution is -0.149. The van der Waals surface area contributed by atoms with Crippen LogP contribution < -0.4 is 5.32 Å². The number of ether oxygens (including phenoxy) is 1. The number of terminal acetylenes is 1. The van der Waals surface area contributed by atoms with Crippen molar-refractivity contribution in [2.24, 2.45) is 22.1 Å². The summed E-state index contributed by atoms with van der Waals surface area (Å²) >= 11 is 0. The van der Waals surface area contributed by atoms with Crippen molar-refractivity contribution >= 4 is 17.7 Å². The number of imide groups is 1. The summed E-state index contributed by atoms with van der Waals surface area (Å²) in [5.41, 5.74) is -0.463. The number of nitrogens with zero attached hydrogens (tertiary/aromatic N) is 3. The highest BCUT2D eigenvalue weighted by molar-refractivity contribution is 6.09. The molecule has 0 radical (unpaired) electrons. The Hall–Kier alpha value is -2.27. The van der Waals surface area contributed by atoms with Gasteiger partial charge >= 0.3 is 0 Å². The first-order valence-corrected chi connectivity index (χ1v) is 9.15. The van der Waals surface area contributed by atoms with Crippen LogP contribution in [0.15, 0.2) is 10.2 Å². The first kappa shape index (κ1) is 17.2. The van der Waals surface area contributed by atoms with Gasteiger partial charge in [0, 0.05) is 25.8 Å². The lowest BCUT2D eigenvalue weighted by Crippen LogP contribution is -2.49. The number of fused-ring (bicyclic) bond motifs is 5. The molecule has 5 unspecified atom stereocenters. The van der Waals surface area contributed by atoms with Gasteiger partial charge in [0.1, 0.15) is 6.04 Å². The standard InChI is InChI=1S/C18H22N4O4/c1-3-4-7-18(20-21-18)8-9-19-15(23)10(2)22-16(24)13-11-5-6-12(26-11)14(13)17(22)25/h1,10-14H,4-9H2,2H3,(H,19,23). The van der Waals surface area contributed by atoms with Crippen molar-refractivity contribution in [2.45, 2.75) is 62.9 Å². The molecule has 2 bridgehead atoms. The Bertz CT molecular complexity index is 693. The van der Waals surface area contributed by atoms with E-state index in [4.69, 9.17) is 11.2 Å². The second-order valence-corrected chi connectivity index (χ2v) is 7.49. The van der Waals surface area contributed by atoms with Crippen LogP contribution in [-0.2, 0) is 19.1 Å². The van der Waals surface area contributed by atoms with E-state index in [0.717, 1.165) is 17.7 Å². The molecule has 138 valence electrons. The van der Waals surface area contributed by atoms with Crippen molar-refractivity contribution in [3.63, 3.8) is 0 Å². The van der Waals surface area contributed by atoms with Crippen LogP contribution in [0.3, 0.4) is 0 Å². The number of carbonyl (C=O) groups excluding carboxylic acids is 3. The molecular weight excluding hydrogens is 336 g/mol. The van der Waals surface area contributed by atoms with Gasteiger partial charge < -0.3 is 10.1 Å². The molecule has 4 rings (SSSR count). The van der Waals surface area contributed by atoms with Gasteiger partial charge in [0.05, 0.1) is 24.0 Å². The van der Waals surface area contributed by atoms with Crippen molar-refractivity contribution in [1.82, 2.24) is 10.2 Å². The number of likely N-dealkylation sites (tertiary alicyclic amines) is 1. The third kappa shape index (κ3) is 2.62. The molecule has 0 saturated carbocycles. The monoisotopic (exact) mass is 358 g/mol. The molecule has 4 aliphatic rings. The lowest BCUT2D eigenvalue weighted by Gasteiger charge is -2.24. The highest BCUT2D eigenvalue weighted by atomic mass is 16.5. The lowest BCUT2D eigenvalue weighted by atomic mass is 9.81. The van der Waals surface area contributed by atoms with Crippen LogP contribution in [0.1, 0.15) is 39.0 Å². The van der Waals surface area contributed by atoms with Crippen molar-refractivity contribution in [3.8, 4) is 12.3 Å². The van der Waals surface area contributed by atoms with Gasteiger partial charge in [0.25, 0.3) is 0 Å². The predicted octanol–water partition coefficient (Wildman–Crippen LogP) is 0.619.